The van der Waals surface area contributed by atoms with Crippen LogP contribution in [0.15, 0.2) is 28.8 Å². The Labute approximate surface area is 141 Å². The number of benzene rings is 1. The number of anilines is 1. The molecule has 6 heteroatoms. The van der Waals surface area contributed by atoms with Gasteiger partial charge < -0.3 is 15.2 Å². The van der Waals surface area contributed by atoms with E-state index in [0.29, 0.717) is 24.3 Å². The van der Waals surface area contributed by atoms with E-state index < -0.39 is 0 Å². The summed E-state index contributed by atoms with van der Waals surface area (Å²) in [5.74, 6) is 1.89. The molecule has 2 saturated carbocycles. The zero-order valence-electron chi connectivity index (χ0n) is 13.6. The second-order valence-electron chi connectivity index (χ2n) is 6.73. The number of para-hydroxylation sites is 1. The lowest BCUT2D eigenvalue weighted by atomic mass is 10.1. The van der Waals surface area contributed by atoms with Gasteiger partial charge in [0.2, 0.25) is 5.89 Å². The first kappa shape index (κ1) is 15.2. The number of aromatic nitrogens is 2. The molecule has 2 aliphatic rings. The van der Waals surface area contributed by atoms with Gasteiger partial charge >= 0.3 is 6.03 Å². The lowest BCUT2D eigenvalue weighted by Crippen LogP contribution is -2.36. The van der Waals surface area contributed by atoms with E-state index >= 15 is 0 Å². The maximum Gasteiger partial charge on any atom is 0.319 e. The molecule has 2 fully saturated rings. The van der Waals surface area contributed by atoms with Crippen LogP contribution in [0.4, 0.5) is 10.5 Å². The van der Waals surface area contributed by atoms with Gasteiger partial charge in [-0.25, -0.2) is 4.79 Å². The van der Waals surface area contributed by atoms with Gasteiger partial charge in [0.25, 0.3) is 0 Å². The number of carbonyl (C=O) groups excluding carboxylic acids is 1. The zero-order valence-corrected chi connectivity index (χ0v) is 13.6. The van der Waals surface area contributed by atoms with E-state index in [4.69, 9.17) is 4.52 Å². The second-order valence-corrected chi connectivity index (χ2v) is 6.73. The topological polar surface area (TPSA) is 80.1 Å². The molecule has 2 N–H and O–H groups in total. The Morgan fingerprint density at radius 3 is 2.75 bits per heavy atom. The van der Waals surface area contributed by atoms with Crippen molar-refractivity contribution in [3.63, 3.8) is 0 Å². The molecule has 0 spiro atoms. The van der Waals surface area contributed by atoms with Crippen LogP contribution < -0.4 is 10.6 Å². The Morgan fingerprint density at radius 1 is 1.17 bits per heavy atom. The summed E-state index contributed by atoms with van der Waals surface area (Å²) in [7, 11) is 0. The standard InChI is InChI=1S/C18H22N4O2/c23-18(19-14-6-2-3-7-14)20-15-8-4-1-5-13(15)11-16-21-17(22-24-16)12-9-10-12/h1,4-5,8,12,14H,2-3,6-7,9-11H2,(H2,19,20,23). The molecule has 1 aromatic carbocycles. The van der Waals surface area contributed by atoms with Gasteiger partial charge in [-0.1, -0.05) is 36.2 Å². The van der Waals surface area contributed by atoms with Crippen LogP contribution >= 0.6 is 0 Å². The molecule has 6 nitrogen and oxygen atoms in total. The van der Waals surface area contributed by atoms with Crippen LogP contribution in [0.3, 0.4) is 0 Å². The third-order valence-electron chi connectivity index (χ3n) is 4.72. The maximum atomic E-state index is 12.2. The van der Waals surface area contributed by atoms with Gasteiger partial charge in [0, 0.05) is 17.6 Å². The molecule has 24 heavy (non-hydrogen) atoms. The molecule has 0 aliphatic heterocycles. The van der Waals surface area contributed by atoms with Crippen LogP contribution in [0, 0.1) is 0 Å². The van der Waals surface area contributed by atoms with Crippen molar-refractivity contribution < 1.29 is 9.32 Å². The van der Waals surface area contributed by atoms with E-state index in [1.807, 2.05) is 24.3 Å². The van der Waals surface area contributed by atoms with Crippen LogP contribution in [0.25, 0.3) is 0 Å². The molecule has 0 atom stereocenters. The summed E-state index contributed by atoms with van der Waals surface area (Å²) in [4.78, 5) is 16.7. The van der Waals surface area contributed by atoms with Crippen LogP contribution in [0.2, 0.25) is 0 Å². The zero-order chi connectivity index (χ0) is 16.4. The lowest BCUT2D eigenvalue weighted by Gasteiger charge is -2.14. The average Bonchev–Trinajstić information content (AvgIpc) is 3.10. The number of hydrogen-bond acceptors (Lipinski definition) is 4. The molecule has 0 unspecified atom stereocenters. The number of hydrogen-bond donors (Lipinski definition) is 2. The number of nitrogens with zero attached hydrogens (tertiary/aromatic N) is 2. The summed E-state index contributed by atoms with van der Waals surface area (Å²) in [6, 6.07) is 7.91. The van der Waals surface area contributed by atoms with Crippen molar-refractivity contribution >= 4 is 11.7 Å². The predicted octanol–water partition coefficient (Wildman–Crippen LogP) is 3.60. The van der Waals surface area contributed by atoms with Gasteiger partial charge in [0.1, 0.15) is 0 Å². The highest BCUT2D eigenvalue weighted by atomic mass is 16.5. The van der Waals surface area contributed by atoms with Gasteiger partial charge in [0.15, 0.2) is 5.82 Å². The van der Waals surface area contributed by atoms with Crippen molar-refractivity contribution in [3.05, 3.63) is 41.5 Å². The monoisotopic (exact) mass is 326 g/mol. The fourth-order valence-corrected chi connectivity index (χ4v) is 3.22. The van der Waals surface area contributed by atoms with E-state index in [1.54, 1.807) is 0 Å². The molecule has 2 aliphatic carbocycles. The third-order valence-corrected chi connectivity index (χ3v) is 4.72. The molecule has 0 saturated heterocycles. The SMILES string of the molecule is O=C(Nc1ccccc1Cc1nc(C2CC2)no1)NC1CCCC1. The molecule has 2 aromatic rings. The number of carbonyl (C=O) groups is 1. The summed E-state index contributed by atoms with van der Waals surface area (Å²) < 4.78 is 5.35. The maximum absolute atomic E-state index is 12.2. The molecule has 1 heterocycles. The van der Waals surface area contributed by atoms with Gasteiger partial charge in [-0.15, -0.1) is 0 Å². The fraction of sp³-hybridized carbons (Fsp3) is 0.500. The minimum atomic E-state index is -0.140. The Morgan fingerprint density at radius 2 is 1.96 bits per heavy atom. The van der Waals surface area contributed by atoms with E-state index in [-0.39, 0.29) is 6.03 Å². The van der Waals surface area contributed by atoms with Crippen LogP contribution in [-0.2, 0) is 6.42 Å². The van der Waals surface area contributed by atoms with E-state index in [2.05, 4.69) is 20.8 Å². The summed E-state index contributed by atoms with van der Waals surface area (Å²) >= 11 is 0. The number of rotatable bonds is 5. The van der Waals surface area contributed by atoms with Crippen LogP contribution in [0.5, 0.6) is 0 Å². The molecule has 4 rings (SSSR count). The Hall–Kier alpha value is -2.37. The third kappa shape index (κ3) is 3.58. The lowest BCUT2D eigenvalue weighted by molar-refractivity contribution is 0.248. The van der Waals surface area contributed by atoms with Crippen molar-refractivity contribution in [1.82, 2.24) is 15.5 Å². The minimum absolute atomic E-state index is 0.140. The first-order valence-electron chi connectivity index (χ1n) is 8.76. The van der Waals surface area contributed by atoms with Crippen molar-refractivity contribution in [2.24, 2.45) is 0 Å². The van der Waals surface area contributed by atoms with Crippen molar-refractivity contribution in [1.29, 1.82) is 0 Å². The van der Waals surface area contributed by atoms with Gasteiger partial charge in [0.05, 0.1) is 6.42 Å². The van der Waals surface area contributed by atoms with E-state index in [0.717, 1.165) is 42.8 Å². The summed E-state index contributed by atoms with van der Waals surface area (Å²) in [6.07, 6.45) is 7.36. The summed E-state index contributed by atoms with van der Waals surface area (Å²) in [6.45, 7) is 0. The predicted molar refractivity (Wildman–Crippen MR) is 89.9 cm³/mol. The molecule has 0 radical (unpaired) electrons. The Kier molecular flexibility index (Phi) is 4.19. The highest BCUT2D eigenvalue weighted by molar-refractivity contribution is 5.90. The van der Waals surface area contributed by atoms with Crippen molar-refractivity contribution in [3.8, 4) is 0 Å². The fourth-order valence-electron chi connectivity index (χ4n) is 3.22. The Bertz CT molecular complexity index is 717. The van der Waals surface area contributed by atoms with Crippen molar-refractivity contribution in [2.45, 2.75) is 56.9 Å². The van der Waals surface area contributed by atoms with E-state index in [1.165, 1.54) is 12.8 Å². The minimum Gasteiger partial charge on any atom is -0.339 e. The normalized spacial score (nSPS) is 17.8. The van der Waals surface area contributed by atoms with Gasteiger partial charge in [-0.2, -0.15) is 4.98 Å². The van der Waals surface area contributed by atoms with Gasteiger partial charge in [-0.3, -0.25) is 0 Å². The molecular weight excluding hydrogens is 304 g/mol. The first-order valence-corrected chi connectivity index (χ1v) is 8.76. The average molecular weight is 326 g/mol. The molecular formula is C18H22N4O2. The second kappa shape index (κ2) is 6.63. The van der Waals surface area contributed by atoms with Gasteiger partial charge in [-0.05, 0) is 37.3 Å². The molecule has 1 aromatic heterocycles. The highest BCUT2D eigenvalue weighted by Crippen LogP contribution is 2.38. The number of nitrogens with one attached hydrogen (secondary N) is 2. The molecule has 0 bridgehead atoms. The largest absolute Gasteiger partial charge is 0.339 e. The molecule has 2 amide bonds. The van der Waals surface area contributed by atoms with Crippen molar-refractivity contribution in [2.75, 3.05) is 5.32 Å². The molecule has 126 valence electrons. The van der Waals surface area contributed by atoms with Crippen LogP contribution in [0.1, 0.15) is 61.7 Å². The highest BCUT2D eigenvalue weighted by Gasteiger charge is 2.28. The summed E-state index contributed by atoms with van der Waals surface area (Å²) in [5, 5.41) is 10.1. The van der Waals surface area contributed by atoms with E-state index in [9.17, 15) is 4.79 Å². The first-order chi connectivity index (χ1) is 11.8. The van der Waals surface area contributed by atoms with Crippen LogP contribution in [-0.4, -0.2) is 22.2 Å². The summed E-state index contributed by atoms with van der Waals surface area (Å²) in [5.41, 5.74) is 1.77. The number of urea groups is 1. The quantitative estimate of drug-likeness (QED) is 0.879. The smallest absolute Gasteiger partial charge is 0.319 e. The Balaban J connectivity index is 1.42. The number of amides is 2.